The van der Waals surface area contributed by atoms with Gasteiger partial charge in [0.2, 0.25) is 0 Å². The zero-order chi connectivity index (χ0) is 17.0. The Morgan fingerprint density at radius 3 is 2.17 bits per heavy atom. The third-order valence-electron chi connectivity index (χ3n) is 3.23. The Kier molecular flexibility index (Phi) is 4.48. The number of ether oxygens (including phenoxy) is 1. The molecule has 0 saturated heterocycles. The maximum atomic E-state index is 13.8. The van der Waals surface area contributed by atoms with E-state index < -0.39 is 20.7 Å². The third kappa shape index (κ3) is 3.55. The molecular weight excluding hydrogens is 329 g/mol. The van der Waals surface area contributed by atoms with Crippen molar-refractivity contribution in [1.82, 2.24) is 0 Å². The van der Waals surface area contributed by atoms with E-state index in [2.05, 4.69) is 4.72 Å². The zero-order valence-corrected chi connectivity index (χ0v) is 13.3. The number of rotatable bonds is 5. The van der Waals surface area contributed by atoms with E-state index in [4.69, 9.17) is 4.74 Å². The van der Waals surface area contributed by atoms with Gasteiger partial charge in [-0.25, -0.2) is 12.8 Å². The van der Waals surface area contributed by atoms with Crippen molar-refractivity contribution < 1.29 is 17.5 Å². The Balaban J connectivity index is 1.92. The van der Waals surface area contributed by atoms with Crippen molar-refractivity contribution in [2.24, 2.45) is 0 Å². The van der Waals surface area contributed by atoms with E-state index in [1.807, 2.05) is 18.2 Å². The normalized spacial score (nSPS) is 11.0. The molecule has 0 spiro atoms. The zero-order valence-electron chi connectivity index (χ0n) is 12.5. The Bertz CT molecular complexity index is 943. The van der Waals surface area contributed by atoms with Crippen LogP contribution >= 0.6 is 0 Å². The van der Waals surface area contributed by atoms with Gasteiger partial charge in [-0.3, -0.25) is 4.72 Å². The highest BCUT2D eigenvalue weighted by Crippen LogP contribution is 2.31. The first-order valence-corrected chi connectivity index (χ1v) is 8.64. The summed E-state index contributed by atoms with van der Waals surface area (Å²) in [5, 5.41) is 0. The number of anilines is 1. The number of sulfonamides is 1. The molecular formula is C18H14FNO3S. The highest BCUT2D eigenvalue weighted by Gasteiger charge is 2.20. The molecule has 4 nitrogen and oxygen atoms in total. The first kappa shape index (κ1) is 16.0. The largest absolute Gasteiger partial charge is 0.455 e. The van der Waals surface area contributed by atoms with Crippen molar-refractivity contribution >= 4 is 15.7 Å². The second kappa shape index (κ2) is 6.72. The predicted molar refractivity (Wildman–Crippen MR) is 90.2 cm³/mol. The summed E-state index contributed by atoms with van der Waals surface area (Å²) in [6.45, 7) is 0. The predicted octanol–water partition coefficient (Wildman–Crippen LogP) is 4.42. The molecule has 3 aromatic rings. The lowest BCUT2D eigenvalue weighted by Gasteiger charge is -2.13. The van der Waals surface area contributed by atoms with Crippen LogP contribution in [-0.4, -0.2) is 8.42 Å². The van der Waals surface area contributed by atoms with Crippen molar-refractivity contribution in [2.45, 2.75) is 4.90 Å². The van der Waals surface area contributed by atoms with Crippen LogP contribution in [0.1, 0.15) is 0 Å². The molecule has 0 radical (unpaired) electrons. The minimum atomic E-state index is -4.06. The Labute approximate surface area is 139 Å². The molecule has 0 unspecified atom stereocenters. The maximum absolute atomic E-state index is 13.8. The molecule has 3 rings (SSSR count). The average Bonchev–Trinajstić information content (AvgIpc) is 2.57. The number of hydrogen-bond donors (Lipinski definition) is 1. The molecule has 0 aliphatic carbocycles. The fraction of sp³-hybridized carbons (Fsp3) is 0. The second-order valence-corrected chi connectivity index (χ2v) is 6.60. The Hall–Kier alpha value is -2.86. The molecule has 122 valence electrons. The Morgan fingerprint density at radius 2 is 1.42 bits per heavy atom. The van der Waals surface area contributed by atoms with Crippen molar-refractivity contribution in [1.29, 1.82) is 0 Å². The smallest absolute Gasteiger partial charge is 0.264 e. The van der Waals surface area contributed by atoms with E-state index in [0.29, 0.717) is 11.5 Å². The number of halogens is 1. The van der Waals surface area contributed by atoms with Gasteiger partial charge in [0.1, 0.15) is 16.5 Å². The fourth-order valence-corrected chi connectivity index (χ4v) is 3.27. The van der Waals surface area contributed by atoms with Crippen LogP contribution in [0.25, 0.3) is 0 Å². The molecule has 0 fully saturated rings. The van der Waals surface area contributed by atoms with Gasteiger partial charge in [-0.05, 0) is 36.4 Å². The van der Waals surface area contributed by atoms with Gasteiger partial charge in [0.25, 0.3) is 10.0 Å². The number of nitrogens with one attached hydrogen (secondary N) is 1. The monoisotopic (exact) mass is 343 g/mol. The van der Waals surface area contributed by atoms with Gasteiger partial charge in [0.15, 0.2) is 5.75 Å². The van der Waals surface area contributed by atoms with Crippen LogP contribution in [0.2, 0.25) is 0 Å². The summed E-state index contributed by atoms with van der Waals surface area (Å²) in [6, 6.07) is 20.7. The van der Waals surface area contributed by atoms with Crippen molar-refractivity contribution in [3.63, 3.8) is 0 Å². The summed E-state index contributed by atoms with van der Waals surface area (Å²) >= 11 is 0. The van der Waals surface area contributed by atoms with E-state index in [0.717, 1.165) is 6.07 Å². The topological polar surface area (TPSA) is 55.4 Å². The Morgan fingerprint density at radius 1 is 0.792 bits per heavy atom. The average molecular weight is 343 g/mol. The van der Waals surface area contributed by atoms with Crippen LogP contribution in [0.4, 0.5) is 10.1 Å². The van der Waals surface area contributed by atoms with Crippen LogP contribution < -0.4 is 9.46 Å². The minimum absolute atomic E-state index is 0.226. The van der Waals surface area contributed by atoms with Gasteiger partial charge in [-0.2, -0.15) is 0 Å². The number of para-hydroxylation sites is 3. The number of hydrogen-bond acceptors (Lipinski definition) is 3. The van der Waals surface area contributed by atoms with Gasteiger partial charge < -0.3 is 4.74 Å². The summed E-state index contributed by atoms with van der Waals surface area (Å²) in [4.78, 5) is -0.417. The van der Waals surface area contributed by atoms with E-state index in [-0.39, 0.29) is 5.69 Å². The lowest BCUT2D eigenvalue weighted by atomic mass is 10.3. The summed E-state index contributed by atoms with van der Waals surface area (Å²) in [6.07, 6.45) is 0. The van der Waals surface area contributed by atoms with E-state index in [1.165, 1.54) is 18.2 Å². The molecule has 1 N–H and O–H groups in total. The fourth-order valence-electron chi connectivity index (χ4n) is 2.12. The SMILES string of the molecule is O=S(=O)(Nc1ccccc1Oc1ccccc1)c1ccccc1F. The molecule has 0 atom stereocenters. The summed E-state index contributed by atoms with van der Waals surface area (Å²) in [5.41, 5.74) is 0.226. The quantitative estimate of drug-likeness (QED) is 0.746. The standard InChI is InChI=1S/C18H14FNO3S/c19-15-10-4-7-13-18(15)24(21,22)20-16-11-5-6-12-17(16)23-14-8-2-1-3-9-14/h1-13,20H. The molecule has 3 aromatic carbocycles. The molecule has 0 saturated carbocycles. The van der Waals surface area contributed by atoms with Gasteiger partial charge in [-0.1, -0.05) is 42.5 Å². The summed E-state index contributed by atoms with van der Waals surface area (Å²) < 4.78 is 46.7. The van der Waals surface area contributed by atoms with Crippen molar-refractivity contribution in [3.05, 3.63) is 84.7 Å². The van der Waals surface area contributed by atoms with Crippen LogP contribution in [0.3, 0.4) is 0 Å². The third-order valence-corrected chi connectivity index (χ3v) is 4.63. The molecule has 24 heavy (non-hydrogen) atoms. The maximum Gasteiger partial charge on any atom is 0.264 e. The molecule has 0 heterocycles. The first-order chi connectivity index (χ1) is 11.6. The van der Waals surface area contributed by atoms with E-state index in [1.54, 1.807) is 36.4 Å². The lowest BCUT2D eigenvalue weighted by molar-refractivity contribution is 0.484. The molecule has 0 aliphatic rings. The summed E-state index contributed by atoms with van der Waals surface area (Å²) in [5.74, 6) is 0.0742. The summed E-state index contributed by atoms with van der Waals surface area (Å²) in [7, 11) is -4.06. The van der Waals surface area contributed by atoms with Crippen LogP contribution in [0.5, 0.6) is 11.5 Å². The van der Waals surface area contributed by atoms with Gasteiger partial charge in [0, 0.05) is 0 Å². The molecule has 0 aromatic heterocycles. The van der Waals surface area contributed by atoms with Crippen molar-refractivity contribution in [2.75, 3.05) is 4.72 Å². The highest BCUT2D eigenvalue weighted by molar-refractivity contribution is 7.92. The first-order valence-electron chi connectivity index (χ1n) is 7.15. The van der Waals surface area contributed by atoms with Crippen LogP contribution in [0, 0.1) is 5.82 Å². The molecule has 6 heteroatoms. The van der Waals surface area contributed by atoms with Crippen LogP contribution in [0.15, 0.2) is 83.8 Å². The van der Waals surface area contributed by atoms with Crippen molar-refractivity contribution in [3.8, 4) is 11.5 Å². The van der Waals surface area contributed by atoms with Crippen LogP contribution in [-0.2, 0) is 10.0 Å². The lowest BCUT2D eigenvalue weighted by Crippen LogP contribution is -2.15. The number of benzene rings is 3. The van der Waals surface area contributed by atoms with E-state index in [9.17, 15) is 12.8 Å². The van der Waals surface area contributed by atoms with Gasteiger partial charge in [0.05, 0.1) is 5.69 Å². The highest BCUT2D eigenvalue weighted by atomic mass is 32.2. The molecule has 0 aliphatic heterocycles. The molecule has 0 bridgehead atoms. The second-order valence-electron chi connectivity index (χ2n) is 4.95. The minimum Gasteiger partial charge on any atom is -0.455 e. The van der Waals surface area contributed by atoms with E-state index >= 15 is 0 Å². The van der Waals surface area contributed by atoms with Gasteiger partial charge >= 0.3 is 0 Å². The van der Waals surface area contributed by atoms with Gasteiger partial charge in [-0.15, -0.1) is 0 Å². The molecule has 0 amide bonds.